The molecule has 0 fully saturated rings. The fraction of sp³-hybridized carbons (Fsp3) is 0.231. The standard InChI is InChI=1S/C13H13F3N4O/c14-13(15,16)10-3-1-9(2-4-10)5-18-11-6-19-20(7-11)8-12(17)21/h1-4,6-7,18H,5,8H2,(H2,17,21). The fourth-order valence-corrected chi connectivity index (χ4v) is 1.72. The quantitative estimate of drug-likeness (QED) is 0.886. The van der Waals surface area contributed by atoms with E-state index in [0.717, 1.165) is 12.1 Å². The van der Waals surface area contributed by atoms with Crippen LogP contribution in [0.2, 0.25) is 0 Å². The molecule has 112 valence electrons. The molecule has 1 aromatic heterocycles. The van der Waals surface area contributed by atoms with E-state index in [0.29, 0.717) is 17.8 Å². The third-order valence-electron chi connectivity index (χ3n) is 2.73. The number of alkyl halides is 3. The van der Waals surface area contributed by atoms with Gasteiger partial charge in [-0.25, -0.2) is 0 Å². The first-order valence-electron chi connectivity index (χ1n) is 6.05. The van der Waals surface area contributed by atoms with Crippen LogP contribution in [0.5, 0.6) is 0 Å². The van der Waals surface area contributed by atoms with Gasteiger partial charge in [0.1, 0.15) is 6.54 Å². The number of primary amides is 1. The van der Waals surface area contributed by atoms with E-state index in [4.69, 9.17) is 5.73 Å². The molecule has 2 aromatic rings. The molecule has 5 nitrogen and oxygen atoms in total. The maximum Gasteiger partial charge on any atom is 0.416 e. The van der Waals surface area contributed by atoms with Crippen molar-refractivity contribution in [2.75, 3.05) is 5.32 Å². The molecule has 0 aliphatic rings. The number of nitrogens with one attached hydrogen (secondary N) is 1. The van der Waals surface area contributed by atoms with Crippen molar-refractivity contribution >= 4 is 11.6 Å². The Morgan fingerprint density at radius 1 is 1.29 bits per heavy atom. The highest BCUT2D eigenvalue weighted by atomic mass is 19.4. The van der Waals surface area contributed by atoms with Gasteiger partial charge in [-0.15, -0.1) is 0 Å². The van der Waals surface area contributed by atoms with Crippen LogP contribution in [0.25, 0.3) is 0 Å². The van der Waals surface area contributed by atoms with Gasteiger partial charge in [0, 0.05) is 12.7 Å². The van der Waals surface area contributed by atoms with Crippen LogP contribution in [0.4, 0.5) is 18.9 Å². The van der Waals surface area contributed by atoms with Gasteiger partial charge in [0.25, 0.3) is 0 Å². The summed E-state index contributed by atoms with van der Waals surface area (Å²) in [6.07, 6.45) is -1.23. The van der Waals surface area contributed by atoms with E-state index in [1.165, 1.54) is 23.0 Å². The third-order valence-corrected chi connectivity index (χ3v) is 2.73. The topological polar surface area (TPSA) is 72.9 Å². The number of rotatable bonds is 5. The monoisotopic (exact) mass is 298 g/mol. The van der Waals surface area contributed by atoms with Crippen molar-refractivity contribution in [2.24, 2.45) is 5.73 Å². The number of carbonyl (C=O) groups excluding carboxylic acids is 1. The highest BCUT2D eigenvalue weighted by molar-refractivity contribution is 5.73. The number of halogens is 3. The summed E-state index contributed by atoms with van der Waals surface area (Å²) in [4.78, 5) is 10.7. The lowest BCUT2D eigenvalue weighted by molar-refractivity contribution is -0.137. The smallest absolute Gasteiger partial charge is 0.378 e. The number of amides is 1. The second-order valence-corrected chi connectivity index (χ2v) is 4.44. The lowest BCUT2D eigenvalue weighted by Crippen LogP contribution is -2.18. The summed E-state index contributed by atoms with van der Waals surface area (Å²) in [6, 6.07) is 4.88. The number of aromatic nitrogens is 2. The maximum atomic E-state index is 12.4. The molecule has 2 rings (SSSR count). The lowest BCUT2D eigenvalue weighted by Gasteiger charge is -2.08. The number of hydrogen-bond acceptors (Lipinski definition) is 3. The molecule has 1 aromatic carbocycles. The third kappa shape index (κ3) is 4.23. The predicted octanol–water partition coefficient (Wildman–Crippen LogP) is 2.00. The summed E-state index contributed by atoms with van der Waals surface area (Å²) in [5.74, 6) is -0.507. The van der Waals surface area contributed by atoms with Crippen molar-refractivity contribution in [1.82, 2.24) is 9.78 Å². The van der Waals surface area contributed by atoms with Crippen LogP contribution < -0.4 is 11.1 Å². The number of benzene rings is 1. The summed E-state index contributed by atoms with van der Waals surface area (Å²) < 4.78 is 38.6. The normalized spacial score (nSPS) is 11.4. The number of hydrogen-bond donors (Lipinski definition) is 2. The first-order chi connectivity index (χ1) is 9.84. The first kappa shape index (κ1) is 14.9. The molecule has 0 aliphatic carbocycles. The molecular weight excluding hydrogens is 285 g/mol. The van der Waals surface area contributed by atoms with E-state index < -0.39 is 17.6 Å². The van der Waals surface area contributed by atoms with Gasteiger partial charge in [-0.3, -0.25) is 9.48 Å². The summed E-state index contributed by atoms with van der Waals surface area (Å²) in [5.41, 5.74) is 5.70. The van der Waals surface area contributed by atoms with E-state index >= 15 is 0 Å². The maximum absolute atomic E-state index is 12.4. The Bertz CT molecular complexity index is 619. The predicted molar refractivity (Wildman–Crippen MR) is 70.2 cm³/mol. The van der Waals surface area contributed by atoms with Gasteiger partial charge in [-0.1, -0.05) is 12.1 Å². The largest absolute Gasteiger partial charge is 0.416 e. The molecule has 0 bridgehead atoms. The molecule has 0 spiro atoms. The Morgan fingerprint density at radius 2 is 1.95 bits per heavy atom. The molecule has 0 saturated carbocycles. The van der Waals surface area contributed by atoms with Crippen molar-refractivity contribution in [1.29, 1.82) is 0 Å². The minimum Gasteiger partial charge on any atom is -0.378 e. The van der Waals surface area contributed by atoms with Crippen molar-refractivity contribution in [2.45, 2.75) is 19.3 Å². The van der Waals surface area contributed by atoms with Crippen molar-refractivity contribution < 1.29 is 18.0 Å². The Kier molecular flexibility index (Phi) is 4.15. The lowest BCUT2D eigenvalue weighted by atomic mass is 10.1. The molecular formula is C13H13F3N4O. The van der Waals surface area contributed by atoms with Crippen LogP contribution in [-0.2, 0) is 24.1 Å². The average molecular weight is 298 g/mol. The van der Waals surface area contributed by atoms with Crippen LogP contribution >= 0.6 is 0 Å². The van der Waals surface area contributed by atoms with Gasteiger partial charge < -0.3 is 11.1 Å². The molecule has 0 radical (unpaired) electrons. The zero-order valence-electron chi connectivity index (χ0n) is 10.9. The number of anilines is 1. The highest BCUT2D eigenvalue weighted by Crippen LogP contribution is 2.29. The van der Waals surface area contributed by atoms with Gasteiger partial charge in [0.2, 0.25) is 5.91 Å². The zero-order valence-corrected chi connectivity index (χ0v) is 10.9. The first-order valence-corrected chi connectivity index (χ1v) is 6.05. The second kappa shape index (κ2) is 5.86. The summed E-state index contributed by atoms with van der Waals surface area (Å²) >= 11 is 0. The molecule has 1 heterocycles. The van der Waals surface area contributed by atoms with E-state index in [1.807, 2.05) is 0 Å². The summed E-state index contributed by atoms with van der Waals surface area (Å²) in [5, 5.41) is 6.92. The van der Waals surface area contributed by atoms with Crippen LogP contribution in [0, 0.1) is 0 Å². The summed E-state index contributed by atoms with van der Waals surface area (Å²) in [7, 11) is 0. The molecule has 8 heteroatoms. The fourth-order valence-electron chi connectivity index (χ4n) is 1.72. The Morgan fingerprint density at radius 3 is 2.52 bits per heavy atom. The number of nitrogens with two attached hydrogens (primary N) is 1. The van der Waals surface area contributed by atoms with Gasteiger partial charge in [0.05, 0.1) is 17.4 Å². The van der Waals surface area contributed by atoms with Gasteiger partial charge in [-0.05, 0) is 17.7 Å². The minimum atomic E-state index is -4.33. The molecule has 3 N–H and O–H groups in total. The van der Waals surface area contributed by atoms with Gasteiger partial charge >= 0.3 is 6.18 Å². The molecule has 0 aliphatic heterocycles. The number of nitrogens with zero attached hydrogens (tertiary/aromatic N) is 2. The molecule has 1 amide bonds. The van der Waals surface area contributed by atoms with E-state index in [2.05, 4.69) is 10.4 Å². The van der Waals surface area contributed by atoms with Crippen molar-refractivity contribution in [3.05, 3.63) is 47.8 Å². The van der Waals surface area contributed by atoms with Crippen LogP contribution in [-0.4, -0.2) is 15.7 Å². The molecule has 0 atom stereocenters. The van der Waals surface area contributed by atoms with Crippen molar-refractivity contribution in [3.63, 3.8) is 0 Å². The SMILES string of the molecule is NC(=O)Cn1cc(NCc2ccc(C(F)(F)F)cc2)cn1. The Labute approximate surface area is 118 Å². The Balaban J connectivity index is 1.94. The zero-order chi connectivity index (χ0) is 15.5. The van der Waals surface area contributed by atoms with Crippen molar-refractivity contribution in [3.8, 4) is 0 Å². The van der Waals surface area contributed by atoms with E-state index in [1.54, 1.807) is 6.20 Å². The molecule has 0 saturated heterocycles. The highest BCUT2D eigenvalue weighted by Gasteiger charge is 2.29. The Hall–Kier alpha value is -2.51. The van der Waals surface area contributed by atoms with Crippen LogP contribution in [0.3, 0.4) is 0 Å². The average Bonchev–Trinajstić information content (AvgIpc) is 2.82. The number of carbonyl (C=O) groups is 1. The van der Waals surface area contributed by atoms with Gasteiger partial charge in [-0.2, -0.15) is 18.3 Å². The summed E-state index contributed by atoms with van der Waals surface area (Å²) in [6.45, 7) is 0.322. The second-order valence-electron chi connectivity index (χ2n) is 4.44. The van der Waals surface area contributed by atoms with E-state index in [-0.39, 0.29) is 6.54 Å². The minimum absolute atomic E-state index is 0.0258. The molecule has 0 unspecified atom stereocenters. The van der Waals surface area contributed by atoms with Crippen LogP contribution in [0.1, 0.15) is 11.1 Å². The van der Waals surface area contributed by atoms with Crippen LogP contribution in [0.15, 0.2) is 36.7 Å². The van der Waals surface area contributed by atoms with Gasteiger partial charge in [0.15, 0.2) is 0 Å². The van der Waals surface area contributed by atoms with E-state index in [9.17, 15) is 18.0 Å². The molecule has 21 heavy (non-hydrogen) atoms.